The molecule has 2 heterocycles. The van der Waals surface area contributed by atoms with Crippen molar-refractivity contribution in [3.05, 3.63) is 23.5 Å². The zero-order valence-electron chi connectivity index (χ0n) is 11.9. The van der Waals surface area contributed by atoms with Crippen LogP contribution in [0.5, 0.6) is 5.75 Å². The maximum absolute atomic E-state index is 9.76. The van der Waals surface area contributed by atoms with Gasteiger partial charge in [-0.25, -0.2) is 4.52 Å². The Bertz CT molecular complexity index is 597. The second kappa shape index (κ2) is 4.74. The van der Waals surface area contributed by atoms with E-state index in [9.17, 15) is 5.11 Å². The second-order valence-electron chi connectivity index (χ2n) is 5.50. The molecule has 0 saturated heterocycles. The molecule has 0 bridgehead atoms. The third kappa shape index (κ3) is 2.81. The molecular formula is C14H21N3O2. The number of fused-ring (bicyclic) bond motifs is 1. The normalized spacial score (nSPS) is 12.1. The fourth-order valence-corrected chi connectivity index (χ4v) is 2.17. The largest absolute Gasteiger partial charge is 0.493 e. The number of ether oxygens (including phenoxy) is 1. The van der Waals surface area contributed by atoms with Gasteiger partial charge in [0.1, 0.15) is 0 Å². The molecule has 0 fully saturated rings. The summed E-state index contributed by atoms with van der Waals surface area (Å²) in [7, 11) is 1.60. The lowest BCUT2D eigenvalue weighted by molar-refractivity contribution is 0.0711. The fourth-order valence-electron chi connectivity index (χ4n) is 2.17. The highest BCUT2D eigenvalue weighted by molar-refractivity contribution is 5.65. The molecule has 2 rings (SSSR count). The summed E-state index contributed by atoms with van der Waals surface area (Å²) in [4.78, 5) is 0. The van der Waals surface area contributed by atoms with E-state index in [1.165, 1.54) is 0 Å². The van der Waals surface area contributed by atoms with E-state index in [0.717, 1.165) is 23.3 Å². The lowest BCUT2D eigenvalue weighted by Gasteiger charge is -2.15. The zero-order valence-corrected chi connectivity index (χ0v) is 11.9. The van der Waals surface area contributed by atoms with Crippen LogP contribution in [-0.4, -0.2) is 27.4 Å². The van der Waals surface area contributed by atoms with Crippen molar-refractivity contribution in [2.24, 2.45) is 0 Å². The van der Waals surface area contributed by atoms with E-state index >= 15 is 0 Å². The molecule has 0 atom stereocenters. The van der Waals surface area contributed by atoms with E-state index in [2.05, 4.69) is 5.10 Å². The van der Waals surface area contributed by atoms with Gasteiger partial charge in [0.15, 0.2) is 5.75 Å². The molecule has 2 aromatic heterocycles. The number of rotatable bonds is 4. The minimum absolute atomic E-state index is 0.612. The number of aryl methyl sites for hydroxylation is 2. The minimum atomic E-state index is -0.679. The Morgan fingerprint density at radius 3 is 2.68 bits per heavy atom. The summed E-state index contributed by atoms with van der Waals surface area (Å²) < 4.78 is 7.11. The molecule has 0 aliphatic rings. The van der Waals surface area contributed by atoms with Crippen molar-refractivity contribution in [1.82, 2.24) is 9.61 Å². The topological polar surface area (TPSA) is 72.8 Å². The molecule has 2 aromatic rings. The number of hydrogen-bond donors (Lipinski definition) is 2. The lowest BCUT2D eigenvalue weighted by Crippen LogP contribution is -2.19. The number of aromatic nitrogens is 2. The van der Waals surface area contributed by atoms with Crippen molar-refractivity contribution in [2.45, 2.75) is 39.2 Å². The molecule has 3 N–H and O–H groups in total. The number of pyridine rings is 1. The first kappa shape index (κ1) is 13.7. The SMILES string of the molecule is COc1c(N)cc2cc(CCC(C)(C)O)nn2c1C. The number of nitrogens with two attached hydrogens (primary N) is 1. The van der Waals surface area contributed by atoms with Gasteiger partial charge in [-0.3, -0.25) is 0 Å². The van der Waals surface area contributed by atoms with Crippen LogP contribution in [0.2, 0.25) is 0 Å². The number of nitrogens with zero attached hydrogens (tertiary/aromatic N) is 2. The van der Waals surface area contributed by atoms with Gasteiger partial charge in [-0.2, -0.15) is 5.10 Å². The van der Waals surface area contributed by atoms with Crippen molar-refractivity contribution in [3.63, 3.8) is 0 Å². The molecule has 0 unspecified atom stereocenters. The van der Waals surface area contributed by atoms with Crippen LogP contribution in [0.1, 0.15) is 31.7 Å². The van der Waals surface area contributed by atoms with Crippen LogP contribution >= 0.6 is 0 Å². The highest BCUT2D eigenvalue weighted by atomic mass is 16.5. The molecule has 0 amide bonds. The van der Waals surface area contributed by atoms with Crippen LogP contribution in [0.4, 0.5) is 5.69 Å². The Morgan fingerprint density at radius 1 is 1.42 bits per heavy atom. The first-order valence-electron chi connectivity index (χ1n) is 6.36. The highest BCUT2D eigenvalue weighted by Gasteiger charge is 2.15. The summed E-state index contributed by atoms with van der Waals surface area (Å²) in [6.45, 7) is 5.53. The molecule has 0 aliphatic carbocycles. The molecule has 0 aromatic carbocycles. The van der Waals surface area contributed by atoms with E-state index < -0.39 is 5.60 Å². The van der Waals surface area contributed by atoms with Crippen molar-refractivity contribution in [1.29, 1.82) is 0 Å². The highest BCUT2D eigenvalue weighted by Crippen LogP contribution is 2.28. The molecule has 19 heavy (non-hydrogen) atoms. The Morgan fingerprint density at radius 2 is 2.11 bits per heavy atom. The van der Waals surface area contributed by atoms with Gasteiger partial charge in [-0.05, 0) is 45.7 Å². The predicted molar refractivity (Wildman–Crippen MR) is 75.5 cm³/mol. The van der Waals surface area contributed by atoms with E-state index in [-0.39, 0.29) is 0 Å². The van der Waals surface area contributed by atoms with Crippen molar-refractivity contribution < 1.29 is 9.84 Å². The van der Waals surface area contributed by atoms with Gasteiger partial charge in [0.2, 0.25) is 0 Å². The Labute approximate surface area is 113 Å². The maximum Gasteiger partial charge on any atom is 0.163 e. The molecular weight excluding hydrogens is 242 g/mol. The van der Waals surface area contributed by atoms with Crippen LogP contribution in [-0.2, 0) is 6.42 Å². The summed E-state index contributed by atoms with van der Waals surface area (Å²) in [6.07, 6.45) is 1.40. The van der Waals surface area contributed by atoms with Gasteiger partial charge in [-0.15, -0.1) is 0 Å². The zero-order chi connectivity index (χ0) is 14.2. The third-order valence-corrected chi connectivity index (χ3v) is 3.20. The predicted octanol–water partition coefficient (Wildman–Crippen LogP) is 1.94. The van der Waals surface area contributed by atoms with Crippen LogP contribution in [0, 0.1) is 6.92 Å². The molecule has 5 heteroatoms. The first-order chi connectivity index (χ1) is 8.81. The first-order valence-corrected chi connectivity index (χ1v) is 6.36. The van der Waals surface area contributed by atoms with Crippen LogP contribution in [0.15, 0.2) is 12.1 Å². The van der Waals surface area contributed by atoms with E-state index in [0.29, 0.717) is 17.9 Å². The smallest absolute Gasteiger partial charge is 0.163 e. The van der Waals surface area contributed by atoms with Gasteiger partial charge < -0.3 is 15.6 Å². The number of nitrogen functional groups attached to an aromatic ring is 1. The van der Waals surface area contributed by atoms with Crippen molar-refractivity contribution >= 4 is 11.2 Å². The third-order valence-electron chi connectivity index (χ3n) is 3.20. The van der Waals surface area contributed by atoms with Crippen LogP contribution in [0.3, 0.4) is 0 Å². The quantitative estimate of drug-likeness (QED) is 0.884. The summed E-state index contributed by atoms with van der Waals surface area (Å²) in [5.74, 6) is 0.657. The molecule has 0 aliphatic heterocycles. The molecule has 0 spiro atoms. The van der Waals surface area contributed by atoms with E-state index in [4.69, 9.17) is 10.5 Å². The molecule has 0 radical (unpaired) electrons. The Kier molecular flexibility index (Phi) is 3.41. The molecule has 0 saturated carbocycles. The van der Waals surface area contributed by atoms with E-state index in [1.807, 2.05) is 23.6 Å². The summed E-state index contributed by atoms with van der Waals surface area (Å²) in [5.41, 5.74) is 8.65. The Balaban J connectivity index is 2.38. The number of aliphatic hydroxyl groups is 1. The van der Waals surface area contributed by atoms with Gasteiger partial charge in [0.05, 0.1) is 35.3 Å². The summed E-state index contributed by atoms with van der Waals surface area (Å²) in [5, 5.41) is 14.3. The molecule has 5 nitrogen and oxygen atoms in total. The monoisotopic (exact) mass is 263 g/mol. The number of anilines is 1. The van der Waals surface area contributed by atoms with Gasteiger partial charge in [-0.1, -0.05) is 0 Å². The molecule has 104 valence electrons. The van der Waals surface area contributed by atoms with Gasteiger partial charge in [0, 0.05) is 0 Å². The van der Waals surface area contributed by atoms with Gasteiger partial charge >= 0.3 is 0 Å². The van der Waals surface area contributed by atoms with Gasteiger partial charge in [0.25, 0.3) is 0 Å². The Hall–Kier alpha value is -1.75. The van der Waals surface area contributed by atoms with Crippen molar-refractivity contribution in [2.75, 3.05) is 12.8 Å². The standard InChI is InChI=1S/C14H21N3O2/c1-9-13(19-4)12(15)8-11-7-10(16-17(9)11)5-6-14(2,3)18/h7-8,18H,5-6,15H2,1-4H3. The maximum atomic E-state index is 9.76. The lowest BCUT2D eigenvalue weighted by atomic mass is 10.0. The number of methoxy groups -OCH3 is 1. The second-order valence-corrected chi connectivity index (χ2v) is 5.50. The van der Waals surface area contributed by atoms with Crippen molar-refractivity contribution in [3.8, 4) is 5.75 Å². The van der Waals surface area contributed by atoms with Crippen LogP contribution < -0.4 is 10.5 Å². The fraction of sp³-hybridized carbons (Fsp3) is 0.500. The van der Waals surface area contributed by atoms with E-state index in [1.54, 1.807) is 21.0 Å². The average molecular weight is 263 g/mol. The average Bonchev–Trinajstić information content (AvgIpc) is 2.69. The summed E-state index contributed by atoms with van der Waals surface area (Å²) in [6, 6.07) is 3.85. The number of hydrogen-bond acceptors (Lipinski definition) is 4. The minimum Gasteiger partial charge on any atom is -0.493 e. The van der Waals surface area contributed by atoms with Crippen LogP contribution in [0.25, 0.3) is 5.52 Å². The summed E-state index contributed by atoms with van der Waals surface area (Å²) >= 11 is 0.